The van der Waals surface area contributed by atoms with Crippen molar-refractivity contribution >= 4 is 22.8 Å². The van der Waals surface area contributed by atoms with Gasteiger partial charge < -0.3 is 10.4 Å². The van der Waals surface area contributed by atoms with E-state index in [2.05, 4.69) is 10.3 Å². The average Bonchev–Trinajstić information content (AvgIpc) is 2.59. The van der Waals surface area contributed by atoms with E-state index in [1.165, 1.54) is 0 Å². The quantitative estimate of drug-likeness (QED) is 0.910. The molecule has 2 aromatic rings. The smallest absolute Gasteiger partial charge is 0.306 e. The number of amides is 1. The van der Waals surface area contributed by atoms with E-state index in [0.29, 0.717) is 19.4 Å². The van der Waals surface area contributed by atoms with E-state index >= 15 is 0 Å². The van der Waals surface area contributed by atoms with Crippen LogP contribution in [-0.2, 0) is 16.1 Å². The number of hydrogen-bond donors (Lipinski definition) is 2. The van der Waals surface area contributed by atoms with Crippen LogP contribution < -0.4 is 5.32 Å². The van der Waals surface area contributed by atoms with E-state index in [1.54, 1.807) is 6.20 Å². The summed E-state index contributed by atoms with van der Waals surface area (Å²) in [5.74, 6) is -1.43. The number of aromatic nitrogens is 1. The first-order chi connectivity index (χ1) is 11.1. The van der Waals surface area contributed by atoms with Gasteiger partial charge >= 0.3 is 5.97 Å². The van der Waals surface area contributed by atoms with Crippen molar-refractivity contribution in [2.75, 3.05) is 0 Å². The van der Waals surface area contributed by atoms with Crippen LogP contribution in [0.1, 0.15) is 31.2 Å². The molecule has 5 heteroatoms. The molecule has 1 aromatic heterocycles. The Morgan fingerprint density at radius 2 is 1.96 bits per heavy atom. The molecule has 1 fully saturated rings. The van der Waals surface area contributed by atoms with E-state index in [1.807, 2.05) is 30.3 Å². The molecule has 2 atom stereocenters. The van der Waals surface area contributed by atoms with E-state index in [4.69, 9.17) is 5.11 Å². The van der Waals surface area contributed by atoms with Gasteiger partial charge in [-0.15, -0.1) is 0 Å². The summed E-state index contributed by atoms with van der Waals surface area (Å²) in [5, 5.41) is 13.1. The van der Waals surface area contributed by atoms with Crippen molar-refractivity contribution < 1.29 is 14.7 Å². The number of carbonyl (C=O) groups is 2. The third-order valence-electron chi connectivity index (χ3n) is 4.56. The molecule has 2 N–H and O–H groups in total. The highest BCUT2D eigenvalue weighted by molar-refractivity contribution is 5.83. The minimum Gasteiger partial charge on any atom is -0.481 e. The van der Waals surface area contributed by atoms with Gasteiger partial charge in [0.15, 0.2) is 0 Å². The van der Waals surface area contributed by atoms with Crippen LogP contribution in [0.2, 0.25) is 0 Å². The zero-order valence-electron chi connectivity index (χ0n) is 12.9. The molecule has 23 heavy (non-hydrogen) atoms. The van der Waals surface area contributed by atoms with E-state index < -0.39 is 11.9 Å². The topological polar surface area (TPSA) is 79.3 Å². The first-order valence-corrected chi connectivity index (χ1v) is 7.98. The predicted molar refractivity (Wildman–Crippen MR) is 86.7 cm³/mol. The number of rotatable bonds is 4. The lowest BCUT2D eigenvalue weighted by atomic mass is 9.81. The van der Waals surface area contributed by atoms with Gasteiger partial charge in [0.1, 0.15) is 0 Å². The van der Waals surface area contributed by atoms with Crippen LogP contribution in [0.4, 0.5) is 0 Å². The lowest BCUT2D eigenvalue weighted by Crippen LogP contribution is -2.35. The maximum absolute atomic E-state index is 12.4. The van der Waals surface area contributed by atoms with Crippen molar-refractivity contribution in [3.05, 3.63) is 42.1 Å². The fraction of sp³-hybridized carbons (Fsp3) is 0.389. The summed E-state index contributed by atoms with van der Waals surface area (Å²) in [6.45, 7) is 0.418. The van der Waals surface area contributed by atoms with Crippen LogP contribution in [0.5, 0.6) is 0 Å². The van der Waals surface area contributed by atoms with Gasteiger partial charge in [-0.2, -0.15) is 0 Å². The highest BCUT2D eigenvalue weighted by Crippen LogP contribution is 2.29. The first kappa shape index (κ1) is 15.5. The Morgan fingerprint density at radius 1 is 1.17 bits per heavy atom. The van der Waals surface area contributed by atoms with Crippen LogP contribution in [0.15, 0.2) is 36.5 Å². The summed E-state index contributed by atoms with van der Waals surface area (Å²) in [6, 6.07) is 9.78. The van der Waals surface area contributed by atoms with E-state index in [0.717, 1.165) is 29.3 Å². The lowest BCUT2D eigenvalue weighted by molar-refractivity contribution is -0.144. The number of hydrogen-bond acceptors (Lipinski definition) is 3. The molecule has 0 spiro atoms. The van der Waals surface area contributed by atoms with Crippen molar-refractivity contribution in [2.45, 2.75) is 32.2 Å². The van der Waals surface area contributed by atoms with Gasteiger partial charge in [0.2, 0.25) is 5.91 Å². The number of carbonyl (C=O) groups excluding carboxylic acids is 1. The standard InChI is InChI=1S/C18H20N2O3/c21-17(13-5-2-6-14(10-13)18(22)23)20-11-15-7-1-4-12-8-3-9-19-16(12)15/h1,3-4,7-9,13-14H,2,5-6,10-11H2,(H,20,21)(H,22,23)/t13-,14+/m1/s1. The van der Waals surface area contributed by atoms with E-state index in [9.17, 15) is 9.59 Å². The molecule has 120 valence electrons. The summed E-state index contributed by atoms with van der Waals surface area (Å²) in [6.07, 6.45) is 4.42. The molecule has 1 heterocycles. The Balaban J connectivity index is 1.65. The minimum atomic E-state index is -0.791. The molecule has 0 unspecified atom stereocenters. The third-order valence-corrected chi connectivity index (χ3v) is 4.56. The minimum absolute atomic E-state index is 0.0520. The maximum Gasteiger partial charge on any atom is 0.306 e. The molecule has 0 aliphatic heterocycles. The number of para-hydroxylation sites is 1. The number of benzene rings is 1. The fourth-order valence-corrected chi connectivity index (χ4v) is 3.29. The summed E-state index contributed by atoms with van der Waals surface area (Å²) in [5.41, 5.74) is 1.87. The molecule has 1 aliphatic rings. The fourth-order valence-electron chi connectivity index (χ4n) is 3.29. The van der Waals surface area contributed by atoms with Gasteiger partial charge in [-0.05, 0) is 30.9 Å². The average molecular weight is 312 g/mol. The second-order valence-corrected chi connectivity index (χ2v) is 6.11. The molecular formula is C18H20N2O3. The first-order valence-electron chi connectivity index (χ1n) is 7.98. The molecule has 0 bridgehead atoms. The van der Waals surface area contributed by atoms with Crippen LogP contribution in [0.25, 0.3) is 10.9 Å². The molecule has 1 saturated carbocycles. The number of aliphatic carboxylic acids is 1. The second kappa shape index (κ2) is 6.77. The number of fused-ring (bicyclic) bond motifs is 1. The largest absolute Gasteiger partial charge is 0.481 e. The highest BCUT2D eigenvalue weighted by Gasteiger charge is 2.30. The number of carboxylic acids is 1. The maximum atomic E-state index is 12.4. The van der Waals surface area contributed by atoms with Crippen molar-refractivity contribution in [2.24, 2.45) is 11.8 Å². The molecule has 0 saturated heterocycles. The van der Waals surface area contributed by atoms with Gasteiger partial charge in [0, 0.05) is 24.0 Å². The van der Waals surface area contributed by atoms with Gasteiger partial charge in [-0.1, -0.05) is 30.7 Å². The Kier molecular flexibility index (Phi) is 4.55. The SMILES string of the molecule is O=C(O)[C@H]1CCC[C@@H](C(=O)NCc2cccc3cccnc23)C1. The Hall–Kier alpha value is -2.43. The number of nitrogens with zero attached hydrogens (tertiary/aromatic N) is 1. The monoisotopic (exact) mass is 312 g/mol. The molecule has 3 rings (SSSR count). The lowest BCUT2D eigenvalue weighted by Gasteiger charge is -2.25. The van der Waals surface area contributed by atoms with Crippen LogP contribution in [0.3, 0.4) is 0 Å². The van der Waals surface area contributed by atoms with Crippen molar-refractivity contribution in [3.8, 4) is 0 Å². The molecule has 1 amide bonds. The number of nitrogens with one attached hydrogen (secondary N) is 1. The van der Waals surface area contributed by atoms with Crippen molar-refractivity contribution in [1.82, 2.24) is 10.3 Å². The van der Waals surface area contributed by atoms with E-state index in [-0.39, 0.29) is 11.8 Å². The normalized spacial score (nSPS) is 21.0. The molecule has 1 aliphatic carbocycles. The van der Waals surface area contributed by atoms with Crippen LogP contribution in [-0.4, -0.2) is 22.0 Å². The van der Waals surface area contributed by atoms with Gasteiger partial charge in [-0.25, -0.2) is 0 Å². The van der Waals surface area contributed by atoms with Crippen molar-refractivity contribution in [1.29, 1.82) is 0 Å². The summed E-state index contributed by atoms with van der Waals surface area (Å²) in [7, 11) is 0. The molecule has 5 nitrogen and oxygen atoms in total. The number of carboxylic acid groups (broad SMARTS) is 1. The Bertz CT molecular complexity index is 724. The van der Waals surface area contributed by atoms with Crippen LogP contribution in [0, 0.1) is 11.8 Å². The van der Waals surface area contributed by atoms with Gasteiger partial charge in [0.25, 0.3) is 0 Å². The predicted octanol–water partition coefficient (Wildman–Crippen LogP) is 2.74. The van der Waals surface area contributed by atoms with Crippen molar-refractivity contribution in [3.63, 3.8) is 0 Å². The zero-order valence-corrected chi connectivity index (χ0v) is 12.9. The Labute approximate surface area is 134 Å². The number of pyridine rings is 1. The second-order valence-electron chi connectivity index (χ2n) is 6.11. The highest BCUT2D eigenvalue weighted by atomic mass is 16.4. The molecular weight excluding hydrogens is 292 g/mol. The summed E-state index contributed by atoms with van der Waals surface area (Å²) in [4.78, 5) is 27.8. The zero-order chi connectivity index (χ0) is 16.2. The third kappa shape index (κ3) is 3.50. The van der Waals surface area contributed by atoms with Gasteiger partial charge in [-0.3, -0.25) is 14.6 Å². The van der Waals surface area contributed by atoms with Gasteiger partial charge in [0.05, 0.1) is 11.4 Å². The summed E-state index contributed by atoms with van der Waals surface area (Å²) < 4.78 is 0. The Morgan fingerprint density at radius 3 is 2.78 bits per heavy atom. The van der Waals surface area contributed by atoms with Crippen LogP contribution >= 0.6 is 0 Å². The molecule has 1 aromatic carbocycles. The summed E-state index contributed by atoms with van der Waals surface area (Å²) >= 11 is 0. The molecule has 0 radical (unpaired) electrons.